The van der Waals surface area contributed by atoms with Crippen LogP contribution in [-0.4, -0.2) is 16.7 Å². The minimum absolute atomic E-state index is 0.0486. The van der Waals surface area contributed by atoms with Crippen molar-refractivity contribution in [3.05, 3.63) is 46.3 Å². The molecule has 0 radical (unpaired) electrons. The molecule has 2 amide bonds. The highest BCUT2D eigenvalue weighted by Gasteiger charge is 2.48. The molecule has 108 valence electrons. The fourth-order valence-electron chi connectivity index (χ4n) is 2.83. The number of fused-ring (bicyclic) bond motifs is 1. The maximum atomic E-state index is 13.4. The van der Waals surface area contributed by atoms with E-state index in [1.54, 1.807) is 0 Å². The molecule has 1 saturated heterocycles. The second-order valence-electron chi connectivity index (χ2n) is 5.06. The zero-order valence-corrected chi connectivity index (χ0v) is 10.9. The average molecular weight is 290 g/mol. The Morgan fingerprint density at radius 1 is 1.14 bits per heavy atom. The maximum Gasteiger partial charge on any atom is 0.306 e. The van der Waals surface area contributed by atoms with E-state index in [1.807, 2.05) is 12.2 Å². The third-order valence-corrected chi connectivity index (χ3v) is 3.89. The average Bonchev–Trinajstić information content (AvgIpc) is 2.72. The molecule has 1 aliphatic heterocycles. The molecule has 1 fully saturated rings. The second kappa shape index (κ2) is 4.76. The highest BCUT2D eigenvalue weighted by atomic mass is 19.1. The Balaban J connectivity index is 2.01. The van der Waals surface area contributed by atoms with Crippen LogP contribution in [0.4, 0.5) is 15.8 Å². The van der Waals surface area contributed by atoms with E-state index in [0.717, 1.165) is 17.0 Å². The van der Waals surface area contributed by atoms with Crippen LogP contribution in [0.1, 0.15) is 12.8 Å². The molecule has 0 spiro atoms. The molecule has 0 N–H and O–H groups in total. The molecule has 21 heavy (non-hydrogen) atoms. The van der Waals surface area contributed by atoms with Gasteiger partial charge < -0.3 is 0 Å². The molecule has 7 heteroatoms. The van der Waals surface area contributed by atoms with E-state index in [-0.39, 0.29) is 17.5 Å². The smallest absolute Gasteiger partial charge is 0.274 e. The van der Waals surface area contributed by atoms with Gasteiger partial charge in [-0.05, 0) is 25.0 Å². The Morgan fingerprint density at radius 2 is 1.71 bits per heavy atom. The lowest BCUT2D eigenvalue weighted by atomic mass is 9.85. The minimum Gasteiger partial charge on any atom is -0.274 e. The number of carbonyl (C=O) groups is 2. The molecule has 2 unspecified atom stereocenters. The molecule has 1 aromatic carbocycles. The zero-order chi connectivity index (χ0) is 15.1. The van der Waals surface area contributed by atoms with Gasteiger partial charge in [0.1, 0.15) is 0 Å². The van der Waals surface area contributed by atoms with E-state index < -0.39 is 28.3 Å². The summed E-state index contributed by atoms with van der Waals surface area (Å²) in [5, 5.41) is 10.8. The van der Waals surface area contributed by atoms with Crippen LogP contribution in [0.2, 0.25) is 0 Å². The number of rotatable bonds is 2. The van der Waals surface area contributed by atoms with Crippen molar-refractivity contribution >= 4 is 23.2 Å². The summed E-state index contributed by atoms with van der Waals surface area (Å²) >= 11 is 0. The van der Waals surface area contributed by atoms with Gasteiger partial charge in [-0.1, -0.05) is 12.2 Å². The van der Waals surface area contributed by atoms with E-state index in [0.29, 0.717) is 12.8 Å². The number of nitro groups is 1. The summed E-state index contributed by atoms with van der Waals surface area (Å²) in [6.07, 6.45) is 4.66. The van der Waals surface area contributed by atoms with Crippen LogP contribution in [0.3, 0.4) is 0 Å². The molecular formula is C14H11FN2O4. The predicted octanol–water partition coefficient (Wildman–Crippen LogP) is 2.19. The standard InChI is InChI=1S/C14H11FN2O4/c15-11-6-5-8(7-12(11)17(20)21)16-13(18)9-3-1-2-4-10(9)14(16)19/h1-2,5-7,9-10H,3-4H2. The van der Waals surface area contributed by atoms with Crippen LogP contribution in [0.25, 0.3) is 0 Å². The summed E-state index contributed by atoms with van der Waals surface area (Å²) in [5.41, 5.74) is -0.700. The van der Waals surface area contributed by atoms with Crippen molar-refractivity contribution in [2.75, 3.05) is 4.90 Å². The van der Waals surface area contributed by atoms with Crippen molar-refractivity contribution in [2.24, 2.45) is 11.8 Å². The molecule has 1 aliphatic carbocycles. The third-order valence-electron chi connectivity index (χ3n) is 3.89. The minimum atomic E-state index is -0.998. The van der Waals surface area contributed by atoms with Crippen molar-refractivity contribution < 1.29 is 18.9 Å². The quantitative estimate of drug-likeness (QED) is 0.362. The summed E-state index contributed by atoms with van der Waals surface area (Å²) < 4.78 is 13.4. The van der Waals surface area contributed by atoms with Gasteiger partial charge in [-0.25, -0.2) is 4.90 Å². The van der Waals surface area contributed by atoms with Crippen molar-refractivity contribution in [2.45, 2.75) is 12.8 Å². The van der Waals surface area contributed by atoms with Crippen molar-refractivity contribution in [3.8, 4) is 0 Å². The van der Waals surface area contributed by atoms with Crippen molar-refractivity contribution in [1.29, 1.82) is 0 Å². The number of carbonyl (C=O) groups excluding carboxylic acids is 2. The first kappa shape index (κ1) is 13.4. The number of hydrogen-bond acceptors (Lipinski definition) is 4. The lowest BCUT2D eigenvalue weighted by Crippen LogP contribution is -2.30. The van der Waals surface area contributed by atoms with Crippen LogP contribution < -0.4 is 4.90 Å². The molecule has 3 rings (SSSR count). The molecule has 0 aromatic heterocycles. The van der Waals surface area contributed by atoms with Gasteiger partial charge >= 0.3 is 5.69 Å². The van der Waals surface area contributed by atoms with Gasteiger partial charge in [-0.15, -0.1) is 0 Å². The number of amides is 2. The number of nitro benzene ring substituents is 1. The summed E-state index contributed by atoms with van der Waals surface area (Å²) in [6, 6.07) is 3.03. The molecule has 1 heterocycles. The summed E-state index contributed by atoms with van der Waals surface area (Å²) in [7, 11) is 0. The monoisotopic (exact) mass is 290 g/mol. The zero-order valence-electron chi connectivity index (χ0n) is 10.9. The molecule has 1 aromatic rings. The summed E-state index contributed by atoms with van der Waals surface area (Å²) in [4.78, 5) is 35.5. The summed E-state index contributed by atoms with van der Waals surface area (Å²) in [5.74, 6) is -2.61. The number of imide groups is 1. The second-order valence-corrected chi connectivity index (χ2v) is 5.06. The van der Waals surface area contributed by atoms with Crippen LogP contribution in [0.15, 0.2) is 30.4 Å². The van der Waals surface area contributed by atoms with Crippen molar-refractivity contribution in [1.82, 2.24) is 0 Å². The molecular weight excluding hydrogens is 279 g/mol. The van der Waals surface area contributed by atoms with E-state index in [4.69, 9.17) is 0 Å². The molecule has 0 bridgehead atoms. The number of anilines is 1. The first-order chi connectivity index (χ1) is 10.0. The topological polar surface area (TPSA) is 80.5 Å². The maximum absolute atomic E-state index is 13.4. The van der Waals surface area contributed by atoms with Gasteiger partial charge in [0.15, 0.2) is 0 Å². The van der Waals surface area contributed by atoms with Crippen LogP contribution in [-0.2, 0) is 9.59 Å². The van der Waals surface area contributed by atoms with Gasteiger partial charge in [0.05, 0.1) is 22.4 Å². The highest BCUT2D eigenvalue weighted by Crippen LogP contribution is 2.38. The number of allylic oxidation sites excluding steroid dienone is 2. The number of benzene rings is 1. The lowest BCUT2D eigenvalue weighted by Gasteiger charge is -2.14. The first-order valence-electron chi connectivity index (χ1n) is 6.47. The molecule has 2 atom stereocenters. The Hall–Kier alpha value is -2.57. The predicted molar refractivity (Wildman–Crippen MR) is 70.9 cm³/mol. The fraction of sp³-hybridized carbons (Fsp3) is 0.286. The Labute approximate surface area is 119 Å². The molecule has 6 nitrogen and oxygen atoms in total. The normalized spacial score (nSPS) is 24.3. The SMILES string of the molecule is O=C1C2CC=CCC2C(=O)N1c1ccc(F)c([N+](=O)[O-])c1. The Kier molecular flexibility index (Phi) is 3.04. The van der Waals surface area contributed by atoms with Gasteiger partial charge in [0.2, 0.25) is 17.6 Å². The van der Waals surface area contributed by atoms with Gasteiger partial charge in [0, 0.05) is 6.07 Å². The van der Waals surface area contributed by atoms with E-state index in [1.165, 1.54) is 6.07 Å². The third kappa shape index (κ3) is 2.01. The molecule has 0 saturated carbocycles. The first-order valence-corrected chi connectivity index (χ1v) is 6.47. The van der Waals surface area contributed by atoms with E-state index in [9.17, 15) is 24.1 Å². The lowest BCUT2D eigenvalue weighted by molar-refractivity contribution is -0.387. The number of halogens is 1. The van der Waals surface area contributed by atoms with Crippen LogP contribution in [0.5, 0.6) is 0 Å². The number of nitrogens with zero attached hydrogens (tertiary/aromatic N) is 2. The number of hydrogen-bond donors (Lipinski definition) is 0. The fourth-order valence-corrected chi connectivity index (χ4v) is 2.83. The van der Waals surface area contributed by atoms with Crippen molar-refractivity contribution in [3.63, 3.8) is 0 Å². The largest absolute Gasteiger partial charge is 0.306 e. The van der Waals surface area contributed by atoms with Crippen LogP contribution in [0, 0.1) is 27.8 Å². The highest BCUT2D eigenvalue weighted by molar-refractivity contribution is 6.22. The molecule has 2 aliphatic rings. The van der Waals surface area contributed by atoms with E-state index >= 15 is 0 Å². The van der Waals surface area contributed by atoms with Gasteiger partial charge in [-0.2, -0.15) is 4.39 Å². The Bertz CT molecular complexity index is 660. The van der Waals surface area contributed by atoms with Crippen LogP contribution >= 0.6 is 0 Å². The van der Waals surface area contributed by atoms with Gasteiger partial charge in [-0.3, -0.25) is 19.7 Å². The van der Waals surface area contributed by atoms with E-state index in [2.05, 4.69) is 0 Å². The Morgan fingerprint density at radius 3 is 2.24 bits per heavy atom. The summed E-state index contributed by atoms with van der Waals surface area (Å²) in [6.45, 7) is 0. The van der Waals surface area contributed by atoms with Gasteiger partial charge in [0.25, 0.3) is 0 Å².